The Morgan fingerprint density at radius 1 is 0.466 bits per heavy atom. The average molecular weight is 817 g/mol. The molecule has 0 saturated heterocycles. The Hall–Kier alpha value is -5.47. The molecule has 2 heterocycles. The standard InChI is InChI=1S/C55H47NOSe/c1-52(2,3)32-25-26-35-42(27-32)54(7,8)44-28-33(53(4,5)6)29-47(50(35)44)56-45-22-14-12-20-40(45)55(41-21-13-15-23-46(41)56)39-19-11-9-17-34(39)37-30-38-49(31-43(37)55)58-48-24-16-10-18-36(48)51(38)57/h9-31H,1-8H3. The van der Waals surface area contributed by atoms with Gasteiger partial charge in [0.05, 0.1) is 0 Å². The molecule has 58 heavy (non-hydrogen) atoms. The van der Waals surface area contributed by atoms with E-state index in [0.29, 0.717) is 0 Å². The zero-order valence-corrected chi connectivity index (χ0v) is 36.3. The first-order valence-corrected chi connectivity index (χ1v) is 22.4. The fraction of sp³-hybridized carbons (Fsp3) is 0.218. The average Bonchev–Trinajstić information content (AvgIpc) is 3.61. The van der Waals surface area contributed by atoms with E-state index in [2.05, 4.69) is 188 Å². The molecule has 1 spiro atoms. The summed E-state index contributed by atoms with van der Waals surface area (Å²) in [6.07, 6.45) is 0. The molecule has 284 valence electrons. The van der Waals surface area contributed by atoms with Gasteiger partial charge in [0.25, 0.3) is 0 Å². The van der Waals surface area contributed by atoms with Crippen LogP contribution in [-0.2, 0) is 21.7 Å². The summed E-state index contributed by atoms with van der Waals surface area (Å²) < 4.78 is 2.33. The maximum atomic E-state index is 14.2. The number of hydrogen-bond acceptors (Lipinski definition) is 2. The Bertz CT molecular complexity index is 3100. The number of anilines is 3. The molecule has 3 aliphatic rings. The van der Waals surface area contributed by atoms with Crippen LogP contribution in [0, 0.1) is 0 Å². The van der Waals surface area contributed by atoms with Crippen LogP contribution in [0.2, 0.25) is 0 Å². The van der Waals surface area contributed by atoms with Crippen molar-refractivity contribution in [3.63, 3.8) is 0 Å². The van der Waals surface area contributed by atoms with Gasteiger partial charge in [-0.05, 0) is 11.0 Å². The number of rotatable bonds is 1. The van der Waals surface area contributed by atoms with Gasteiger partial charge in [0.2, 0.25) is 0 Å². The van der Waals surface area contributed by atoms with Crippen LogP contribution in [0.25, 0.3) is 41.5 Å². The van der Waals surface area contributed by atoms with E-state index in [1.54, 1.807) is 0 Å². The van der Waals surface area contributed by atoms with Gasteiger partial charge in [-0.2, -0.15) is 0 Å². The minimum absolute atomic E-state index is 0.00552. The van der Waals surface area contributed by atoms with E-state index >= 15 is 0 Å². The van der Waals surface area contributed by atoms with E-state index in [9.17, 15) is 4.79 Å². The molecule has 0 atom stereocenters. The van der Waals surface area contributed by atoms with Crippen molar-refractivity contribution >= 4 is 50.9 Å². The van der Waals surface area contributed by atoms with Gasteiger partial charge in [0, 0.05) is 0 Å². The monoisotopic (exact) mass is 817 g/mol. The van der Waals surface area contributed by atoms with Crippen LogP contribution < -0.4 is 10.3 Å². The summed E-state index contributed by atoms with van der Waals surface area (Å²) in [6.45, 7) is 18.8. The summed E-state index contributed by atoms with van der Waals surface area (Å²) in [7, 11) is 0. The van der Waals surface area contributed by atoms with Gasteiger partial charge in [0.15, 0.2) is 0 Å². The van der Waals surface area contributed by atoms with Gasteiger partial charge in [-0.25, -0.2) is 0 Å². The first kappa shape index (κ1) is 35.7. The number of fused-ring (bicyclic) bond motifs is 14. The molecule has 2 nitrogen and oxygen atoms in total. The molecule has 11 rings (SSSR count). The second-order valence-electron chi connectivity index (χ2n) is 19.3. The molecule has 3 heteroatoms. The van der Waals surface area contributed by atoms with E-state index in [0.717, 1.165) is 20.6 Å². The van der Waals surface area contributed by atoms with Crippen molar-refractivity contribution in [3.05, 3.63) is 194 Å². The zero-order valence-electron chi connectivity index (χ0n) is 34.5. The van der Waals surface area contributed by atoms with Gasteiger partial charge in [-0.1, -0.05) is 20.8 Å². The van der Waals surface area contributed by atoms with Crippen molar-refractivity contribution in [2.24, 2.45) is 0 Å². The molecule has 0 saturated carbocycles. The molecule has 8 aromatic rings. The molecule has 0 N–H and O–H groups in total. The number of hydrogen-bond donors (Lipinski definition) is 0. The molecule has 0 amide bonds. The molecule has 1 aromatic heterocycles. The predicted molar refractivity (Wildman–Crippen MR) is 245 cm³/mol. The van der Waals surface area contributed by atoms with E-state index in [1.807, 2.05) is 12.1 Å². The molecular weight excluding hydrogens is 770 g/mol. The SMILES string of the molecule is CC(C)(C)c1ccc2c(c1)C(C)(C)c1cc(C(C)(C)C)cc(N3c4ccccc4C4(c5ccccc5-c5cc6c(=O)c7ccccc7[se]c6cc54)c4ccccc43)c1-2. The second-order valence-corrected chi connectivity index (χ2v) is 21.6. The molecule has 0 unspecified atom stereocenters. The molecule has 0 fully saturated rings. The summed E-state index contributed by atoms with van der Waals surface area (Å²) in [4.78, 5) is 16.8. The summed E-state index contributed by atoms with van der Waals surface area (Å²) in [5.41, 5.74) is 18.6. The number of benzene rings is 7. The van der Waals surface area contributed by atoms with Crippen LogP contribution in [0.1, 0.15) is 99.9 Å². The summed E-state index contributed by atoms with van der Waals surface area (Å²) in [5.74, 6) is 0. The Balaban J connectivity index is 1.25. The van der Waals surface area contributed by atoms with Crippen LogP contribution in [-0.4, -0.2) is 14.5 Å². The Morgan fingerprint density at radius 3 is 1.76 bits per heavy atom. The minimum atomic E-state index is -0.579. The zero-order chi connectivity index (χ0) is 40.1. The van der Waals surface area contributed by atoms with Gasteiger partial charge >= 0.3 is 318 Å². The van der Waals surface area contributed by atoms with Crippen molar-refractivity contribution in [3.8, 4) is 22.3 Å². The normalized spacial score (nSPS) is 15.6. The number of para-hydroxylation sites is 2. The van der Waals surface area contributed by atoms with Crippen LogP contribution in [0.15, 0.2) is 144 Å². The van der Waals surface area contributed by atoms with E-state index in [1.165, 1.54) is 82.5 Å². The summed E-state index contributed by atoms with van der Waals surface area (Å²) in [5, 5.41) is 1.71. The fourth-order valence-electron chi connectivity index (χ4n) is 10.6. The molecule has 1 aliphatic heterocycles. The molecule has 0 bridgehead atoms. The fourth-order valence-corrected chi connectivity index (χ4v) is 12.9. The molecule has 2 aliphatic carbocycles. The van der Waals surface area contributed by atoms with Crippen molar-refractivity contribution in [2.45, 2.75) is 77.0 Å². The second kappa shape index (κ2) is 11.8. The first-order chi connectivity index (χ1) is 27.7. The maximum absolute atomic E-state index is 14.2. The van der Waals surface area contributed by atoms with Gasteiger partial charge in [-0.15, -0.1) is 0 Å². The van der Waals surface area contributed by atoms with Crippen LogP contribution in [0.3, 0.4) is 0 Å². The molecular formula is C55H47NOSe. The van der Waals surface area contributed by atoms with Gasteiger partial charge in [0.1, 0.15) is 0 Å². The first-order valence-electron chi connectivity index (χ1n) is 20.6. The Morgan fingerprint density at radius 2 is 1.07 bits per heavy atom. The molecule has 7 aromatic carbocycles. The Kier molecular flexibility index (Phi) is 7.27. The third-order valence-electron chi connectivity index (χ3n) is 13.6. The quantitative estimate of drug-likeness (QED) is 0.121. The van der Waals surface area contributed by atoms with Crippen LogP contribution in [0.5, 0.6) is 0 Å². The van der Waals surface area contributed by atoms with Crippen LogP contribution in [0.4, 0.5) is 17.1 Å². The van der Waals surface area contributed by atoms with Crippen molar-refractivity contribution in [1.29, 1.82) is 0 Å². The van der Waals surface area contributed by atoms with E-state index < -0.39 is 5.41 Å². The topological polar surface area (TPSA) is 20.3 Å². The predicted octanol–water partition coefficient (Wildman–Crippen LogP) is 13.5. The molecule has 0 radical (unpaired) electrons. The number of nitrogens with zero attached hydrogens (tertiary/aromatic N) is 1. The van der Waals surface area contributed by atoms with Gasteiger partial charge < -0.3 is 0 Å². The Labute approximate surface area is 347 Å². The third-order valence-corrected chi connectivity index (χ3v) is 15.9. The van der Waals surface area contributed by atoms with Crippen molar-refractivity contribution < 1.29 is 0 Å². The third kappa shape index (κ3) is 4.64. The van der Waals surface area contributed by atoms with E-state index in [-0.39, 0.29) is 36.2 Å². The van der Waals surface area contributed by atoms with Crippen molar-refractivity contribution in [1.82, 2.24) is 0 Å². The van der Waals surface area contributed by atoms with Crippen molar-refractivity contribution in [2.75, 3.05) is 4.90 Å². The van der Waals surface area contributed by atoms with E-state index in [4.69, 9.17) is 0 Å². The summed E-state index contributed by atoms with van der Waals surface area (Å²) in [6, 6.07) is 52.4. The summed E-state index contributed by atoms with van der Waals surface area (Å²) >= 11 is 0.00552. The van der Waals surface area contributed by atoms with Gasteiger partial charge in [-0.3, -0.25) is 0 Å². The van der Waals surface area contributed by atoms with Crippen LogP contribution >= 0.6 is 0 Å².